The molecule has 0 saturated heterocycles. The number of hydrogen-bond acceptors (Lipinski definition) is 3. The summed E-state index contributed by atoms with van der Waals surface area (Å²) in [5.74, 6) is 1.16. The quantitative estimate of drug-likeness (QED) is 0.820. The first-order chi connectivity index (χ1) is 12.7. The summed E-state index contributed by atoms with van der Waals surface area (Å²) in [5, 5.41) is 3.80. The van der Waals surface area contributed by atoms with Gasteiger partial charge in [0.05, 0.1) is 0 Å². The number of halogens is 1. The smallest absolute Gasteiger partial charge is 0.129 e. The molecule has 3 N–H and O–H groups in total. The molecule has 2 aliphatic rings. The van der Waals surface area contributed by atoms with E-state index in [4.69, 9.17) is 10.5 Å². The zero-order valence-electron chi connectivity index (χ0n) is 15.0. The van der Waals surface area contributed by atoms with Crippen LogP contribution in [0.5, 0.6) is 5.75 Å². The van der Waals surface area contributed by atoms with Gasteiger partial charge >= 0.3 is 0 Å². The molecule has 2 aromatic rings. The van der Waals surface area contributed by atoms with Gasteiger partial charge in [-0.05, 0) is 55.9 Å². The lowest BCUT2D eigenvalue weighted by atomic mass is 9.92. The molecular weight excluding hydrogens is 327 g/mol. The summed E-state index contributed by atoms with van der Waals surface area (Å²) in [4.78, 5) is 0. The first kappa shape index (κ1) is 17.5. The lowest BCUT2D eigenvalue weighted by Gasteiger charge is -2.27. The fourth-order valence-corrected chi connectivity index (χ4v) is 3.92. The fourth-order valence-electron chi connectivity index (χ4n) is 3.92. The molecule has 4 heteroatoms. The molecule has 2 atom stereocenters. The first-order valence-electron chi connectivity index (χ1n) is 9.67. The van der Waals surface area contributed by atoms with Crippen molar-refractivity contribution in [3.8, 4) is 5.75 Å². The third-order valence-electron chi connectivity index (χ3n) is 5.67. The van der Waals surface area contributed by atoms with E-state index in [0.717, 1.165) is 18.6 Å². The van der Waals surface area contributed by atoms with Crippen molar-refractivity contribution in [2.24, 2.45) is 5.73 Å². The van der Waals surface area contributed by atoms with Crippen LogP contribution in [0.2, 0.25) is 0 Å². The molecule has 0 spiro atoms. The zero-order chi connectivity index (χ0) is 17.9. The molecule has 0 radical (unpaired) electrons. The Kier molecular flexibility index (Phi) is 5.23. The van der Waals surface area contributed by atoms with Crippen molar-refractivity contribution >= 4 is 0 Å². The maximum absolute atomic E-state index is 13.6. The second kappa shape index (κ2) is 7.77. The largest absolute Gasteiger partial charge is 0.489 e. The summed E-state index contributed by atoms with van der Waals surface area (Å²) >= 11 is 0. The number of hydrogen-bond donors (Lipinski definition) is 2. The summed E-state index contributed by atoms with van der Waals surface area (Å²) in [5.41, 5.74) is 7.92. The van der Waals surface area contributed by atoms with E-state index in [9.17, 15) is 4.39 Å². The lowest BCUT2D eigenvalue weighted by Crippen LogP contribution is -2.38. The second-order valence-corrected chi connectivity index (χ2v) is 7.68. The van der Waals surface area contributed by atoms with Crippen LogP contribution in [0.1, 0.15) is 49.1 Å². The summed E-state index contributed by atoms with van der Waals surface area (Å²) < 4.78 is 19.4. The number of benzene rings is 2. The third kappa shape index (κ3) is 4.25. The lowest BCUT2D eigenvalue weighted by molar-refractivity contribution is 0.300. The maximum atomic E-state index is 13.6. The van der Waals surface area contributed by atoms with E-state index in [1.165, 1.54) is 30.9 Å². The fraction of sp³-hybridized carbons (Fsp3) is 0.455. The van der Waals surface area contributed by atoms with Crippen LogP contribution in [-0.2, 0) is 6.61 Å². The van der Waals surface area contributed by atoms with E-state index in [1.54, 1.807) is 12.1 Å². The number of ether oxygens (including phenoxy) is 1. The minimum Gasteiger partial charge on any atom is -0.489 e. The van der Waals surface area contributed by atoms with Gasteiger partial charge < -0.3 is 15.8 Å². The minimum atomic E-state index is -0.223. The Morgan fingerprint density at radius 3 is 2.46 bits per heavy atom. The molecule has 0 aromatic heterocycles. The van der Waals surface area contributed by atoms with Crippen LogP contribution >= 0.6 is 0 Å². The zero-order valence-corrected chi connectivity index (χ0v) is 15.0. The van der Waals surface area contributed by atoms with Crippen molar-refractivity contribution in [2.75, 3.05) is 0 Å². The van der Waals surface area contributed by atoms with Gasteiger partial charge in [0.15, 0.2) is 0 Å². The molecule has 3 nitrogen and oxygen atoms in total. The monoisotopic (exact) mass is 354 g/mol. The molecule has 138 valence electrons. The van der Waals surface area contributed by atoms with Gasteiger partial charge in [-0.3, -0.25) is 0 Å². The standard InChI is InChI=1S/C22H27FN2O/c23-21-4-2-1-3-16(21)14-26-19-11-5-15(6-12-19)20-13-22(20)25-18-9-7-17(24)8-10-18/h1-6,11-12,17-18,20,22,25H,7-10,13-14,24H2. The number of nitrogens with two attached hydrogens (primary N) is 1. The van der Waals surface area contributed by atoms with Crippen LogP contribution < -0.4 is 15.8 Å². The maximum Gasteiger partial charge on any atom is 0.129 e. The van der Waals surface area contributed by atoms with E-state index in [-0.39, 0.29) is 12.4 Å². The summed E-state index contributed by atoms with van der Waals surface area (Å²) in [6.07, 6.45) is 5.89. The number of nitrogens with one attached hydrogen (secondary N) is 1. The Morgan fingerprint density at radius 2 is 1.73 bits per heavy atom. The van der Waals surface area contributed by atoms with E-state index < -0.39 is 0 Å². The Morgan fingerprint density at radius 1 is 1.00 bits per heavy atom. The van der Waals surface area contributed by atoms with Crippen molar-refractivity contribution in [3.05, 3.63) is 65.5 Å². The van der Waals surface area contributed by atoms with Gasteiger partial charge in [0, 0.05) is 29.6 Å². The van der Waals surface area contributed by atoms with Gasteiger partial charge in [0.2, 0.25) is 0 Å². The van der Waals surface area contributed by atoms with E-state index in [1.807, 2.05) is 18.2 Å². The highest BCUT2D eigenvalue weighted by molar-refractivity contribution is 5.34. The van der Waals surface area contributed by atoms with Gasteiger partial charge in [0.25, 0.3) is 0 Å². The minimum absolute atomic E-state index is 0.223. The van der Waals surface area contributed by atoms with Gasteiger partial charge in [-0.25, -0.2) is 4.39 Å². The summed E-state index contributed by atoms with van der Waals surface area (Å²) in [6, 6.07) is 16.6. The molecular formula is C22H27FN2O. The average molecular weight is 354 g/mol. The Bertz CT molecular complexity index is 725. The van der Waals surface area contributed by atoms with Crippen molar-refractivity contribution < 1.29 is 9.13 Å². The topological polar surface area (TPSA) is 47.3 Å². The molecule has 0 bridgehead atoms. The first-order valence-corrected chi connectivity index (χ1v) is 9.67. The Hall–Kier alpha value is -1.91. The van der Waals surface area contributed by atoms with Crippen LogP contribution in [0.3, 0.4) is 0 Å². The molecule has 0 aliphatic heterocycles. The second-order valence-electron chi connectivity index (χ2n) is 7.68. The molecule has 4 rings (SSSR count). The molecule has 2 aliphatic carbocycles. The van der Waals surface area contributed by atoms with Crippen molar-refractivity contribution in [1.82, 2.24) is 5.32 Å². The van der Waals surface area contributed by atoms with Crippen molar-refractivity contribution in [3.63, 3.8) is 0 Å². The predicted octanol–water partition coefficient (Wildman–Crippen LogP) is 4.12. The van der Waals surface area contributed by atoms with E-state index in [2.05, 4.69) is 17.4 Å². The normalized spacial score (nSPS) is 27.9. The summed E-state index contributed by atoms with van der Waals surface area (Å²) in [7, 11) is 0. The number of rotatable bonds is 6. The van der Waals surface area contributed by atoms with Gasteiger partial charge in [-0.1, -0.05) is 30.3 Å². The Labute approximate surface area is 154 Å². The molecule has 0 amide bonds. The van der Waals surface area contributed by atoms with Gasteiger partial charge in [-0.2, -0.15) is 0 Å². The highest BCUT2D eigenvalue weighted by atomic mass is 19.1. The van der Waals surface area contributed by atoms with Crippen LogP contribution in [0.15, 0.2) is 48.5 Å². The molecule has 2 saturated carbocycles. The molecule has 26 heavy (non-hydrogen) atoms. The average Bonchev–Trinajstić information content (AvgIpc) is 3.43. The predicted molar refractivity (Wildman–Crippen MR) is 102 cm³/mol. The van der Waals surface area contributed by atoms with Gasteiger partial charge in [0.1, 0.15) is 18.2 Å². The van der Waals surface area contributed by atoms with E-state index in [0.29, 0.717) is 29.6 Å². The van der Waals surface area contributed by atoms with Crippen LogP contribution in [0.25, 0.3) is 0 Å². The van der Waals surface area contributed by atoms with Crippen molar-refractivity contribution in [1.29, 1.82) is 0 Å². The van der Waals surface area contributed by atoms with E-state index >= 15 is 0 Å². The SMILES string of the molecule is NC1CCC(NC2CC2c2ccc(OCc3ccccc3F)cc2)CC1. The third-order valence-corrected chi connectivity index (χ3v) is 5.67. The molecule has 2 fully saturated rings. The molecule has 0 heterocycles. The molecule has 2 aromatic carbocycles. The Balaban J connectivity index is 1.27. The highest BCUT2D eigenvalue weighted by Gasteiger charge is 2.39. The highest BCUT2D eigenvalue weighted by Crippen LogP contribution is 2.42. The van der Waals surface area contributed by atoms with Gasteiger partial charge in [-0.15, -0.1) is 0 Å². The molecule has 2 unspecified atom stereocenters. The summed E-state index contributed by atoms with van der Waals surface area (Å²) in [6.45, 7) is 0.253. The van der Waals surface area contributed by atoms with Crippen molar-refractivity contribution in [2.45, 2.75) is 62.8 Å². The van der Waals surface area contributed by atoms with Crippen LogP contribution in [-0.4, -0.2) is 18.1 Å². The van der Waals surface area contributed by atoms with Crippen LogP contribution in [0, 0.1) is 5.82 Å². The van der Waals surface area contributed by atoms with Crippen LogP contribution in [0.4, 0.5) is 4.39 Å².